The number of rotatable bonds is 6. The highest BCUT2D eigenvalue weighted by atomic mass is 79.9. The van der Waals surface area contributed by atoms with Crippen molar-refractivity contribution in [3.8, 4) is 11.5 Å². The Hall–Kier alpha value is -2.34. The van der Waals surface area contributed by atoms with Crippen LogP contribution in [0.1, 0.15) is 22.8 Å². The van der Waals surface area contributed by atoms with Crippen molar-refractivity contribution >= 4 is 28.1 Å². The molecule has 0 radical (unpaired) electrons. The third kappa shape index (κ3) is 4.56. The van der Waals surface area contributed by atoms with E-state index in [1.54, 1.807) is 31.5 Å². The van der Waals surface area contributed by atoms with Gasteiger partial charge in [0.2, 0.25) is 0 Å². The van der Waals surface area contributed by atoms with Gasteiger partial charge in [-0.2, -0.15) is 5.10 Å². The fraction of sp³-hybridized carbons (Fsp3) is 0.176. The lowest BCUT2D eigenvalue weighted by atomic mass is 10.2. The van der Waals surface area contributed by atoms with Crippen LogP contribution in [0.3, 0.4) is 0 Å². The predicted molar refractivity (Wildman–Crippen MR) is 93.4 cm³/mol. The molecule has 0 heterocycles. The van der Waals surface area contributed by atoms with E-state index < -0.39 is 0 Å². The lowest BCUT2D eigenvalue weighted by Crippen LogP contribution is -2.17. The van der Waals surface area contributed by atoms with Gasteiger partial charge >= 0.3 is 0 Å². The summed E-state index contributed by atoms with van der Waals surface area (Å²) in [6, 6.07) is 12.5. The molecule has 5 nitrogen and oxygen atoms in total. The Morgan fingerprint density at radius 2 is 2.04 bits per heavy atom. The van der Waals surface area contributed by atoms with Crippen molar-refractivity contribution in [3.63, 3.8) is 0 Å². The first-order valence-corrected chi connectivity index (χ1v) is 7.83. The molecule has 0 fully saturated rings. The number of halogens is 1. The third-order valence-electron chi connectivity index (χ3n) is 3.00. The molecule has 0 saturated heterocycles. The molecule has 0 aliphatic carbocycles. The standard InChI is InChI=1S/C17H17BrN2O3/c1-3-23-15-7-5-4-6-13(15)11-19-20-17(21)12-8-9-16(22-2)14(18)10-12/h4-11H,3H2,1-2H3,(H,20,21)/b19-11+. The van der Waals surface area contributed by atoms with Gasteiger partial charge in [-0.15, -0.1) is 0 Å². The van der Waals surface area contributed by atoms with Crippen molar-refractivity contribution in [2.24, 2.45) is 5.10 Å². The van der Waals surface area contributed by atoms with Gasteiger partial charge < -0.3 is 9.47 Å². The molecule has 0 bridgehead atoms. The van der Waals surface area contributed by atoms with E-state index >= 15 is 0 Å². The van der Waals surface area contributed by atoms with Gasteiger partial charge in [0, 0.05) is 11.1 Å². The summed E-state index contributed by atoms with van der Waals surface area (Å²) in [6.07, 6.45) is 1.56. The third-order valence-corrected chi connectivity index (χ3v) is 3.62. The number of para-hydroxylation sites is 1. The normalized spacial score (nSPS) is 10.6. The van der Waals surface area contributed by atoms with E-state index in [9.17, 15) is 4.79 Å². The first-order chi connectivity index (χ1) is 11.2. The number of nitrogens with zero attached hydrogens (tertiary/aromatic N) is 1. The van der Waals surface area contributed by atoms with E-state index in [4.69, 9.17) is 9.47 Å². The van der Waals surface area contributed by atoms with E-state index in [1.165, 1.54) is 0 Å². The molecule has 1 N–H and O–H groups in total. The fourth-order valence-corrected chi connectivity index (χ4v) is 2.45. The van der Waals surface area contributed by atoms with Crippen molar-refractivity contribution in [1.29, 1.82) is 0 Å². The van der Waals surface area contributed by atoms with E-state index in [0.717, 1.165) is 11.3 Å². The summed E-state index contributed by atoms with van der Waals surface area (Å²) in [5, 5.41) is 3.98. The van der Waals surface area contributed by atoms with Crippen LogP contribution < -0.4 is 14.9 Å². The zero-order valence-corrected chi connectivity index (χ0v) is 14.5. The van der Waals surface area contributed by atoms with Crippen LogP contribution in [-0.2, 0) is 0 Å². The summed E-state index contributed by atoms with van der Waals surface area (Å²) in [6.45, 7) is 2.48. The first-order valence-electron chi connectivity index (χ1n) is 7.04. The minimum absolute atomic E-state index is 0.307. The highest BCUT2D eigenvalue weighted by molar-refractivity contribution is 9.10. The maximum atomic E-state index is 12.1. The number of ether oxygens (including phenoxy) is 2. The van der Waals surface area contributed by atoms with Crippen molar-refractivity contribution in [1.82, 2.24) is 5.43 Å². The monoisotopic (exact) mass is 376 g/mol. The number of carbonyl (C=O) groups is 1. The summed E-state index contributed by atoms with van der Waals surface area (Å²) < 4.78 is 11.3. The number of hydrazone groups is 1. The van der Waals surface area contributed by atoms with Crippen molar-refractivity contribution in [3.05, 3.63) is 58.1 Å². The Morgan fingerprint density at radius 3 is 2.74 bits per heavy atom. The Morgan fingerprint density at radius 1 is 1.26 bits per heavy atom. The lowest BCUT2D eigenvalue weighted by Gasteiger charge is -2.06. The van der Waals surface area contributed by atoms with Gasteiger partial charge in [0.1, 0.15) is 11.5 Å². The summed E-state index contributed by atoms with van der Waals surface area (Å²) >= 11 is 3.35. The van der Waals surface area contributed by atoms with Crippen LogP contribution in [0.15, 0.2) is 52.0 Å². The van der Waals surface area contributed by atoms with Gasteiger partial charge in [-0.25, -0.2) is 5.43 Å². The molecular formula is C17H17BrN2O3. The van der Waals surface area contributed by atoms with Gasteiger partial charge in [0.15, 0.2) is 0 Å². The smallest absolute Gasteiger partial charge is 0.271 e. The Balaban J connectivity index is 2.05. The van der Waals surface area contributed by atoms with Crippen molar-refractivity contribution in [2.75, 3.05) is 13.7 Å². The molecule has 6 heteroatoms. The second-order valence-corrected chi connectivity index (χ2v) is 5.37. The molecule has 0 saturated carbocycles. The number of carbonyl (C=O) groups excluding carboxylic acids is 1. The highest BCUT2D eigenvalue weighted by Crippen LogP contribution is 2.25. The van der Waals surface area contributed by atoms with Gasteiger partial charge in [-0.1, -0.05) is 12.1 Å². The topological polar surface area (TPSA) is 59.9 Å². The van der Waals surface area contributed by atoms with Crippen molar-refractivity contribution in [2.45, 2.75) is 6.92 Å². The SMILES string of the molecule is CCOc1ccccc1/C=N/NC(=O)c1ccc(OC)c(Br)c1. The molecular weight excluding hydrogens is 360 g/mol. The van der Waals surface area contributed by atoms with Gasteiger partial charge in [0.25, 0.3) is 5.91 Å². The molecule has 120 valence electrons. The minimum Gasteiger partial charge on any atom is -0.496 e. The summed E-state index contributed by atoms with van der Waals surface area (Å²) in [5.41, 5.74) is 3.77. The molecule has 2 rings (SSSR count). The van der Waals surface area contributed by atoms with E-state index in [1.807, 2.05) is 31.2 Å². The Bertz CT molecular complexity index is 717. The number of hydrogen-bond acceptors (Lipinski definition) is 4. The number of methoxy groups -OCH3 is 1. The Kier molecular flexibility index (Phi) is 6.17. The van der Waals surface area contributed by atoms with E-state index in [2.05, 4.69) is 26.5 Å². The summed E-state index contributed by atoms with van der Waals surface area (Å²) in [7, 11) is 1.57. The molecule has 23 heavy (non-hydrogen) atoms. The van der Waals surface area contributed by atoms with Gasteiger partial charge in [-0.05, 0) is 53.2 Å². The lowest BCUT2D eigenvalue weighted by molar-refractivity contribution is 0.0955. The first kappa shape index (κ1) is 17.0. The molecule has 0 aliphatic heterocycles. The van der Waals surface area contributed by atoms with Crippen LogP contribution in [0, 0.1) is 0 Å². The molecule has 0 unspecified atom stereocenters. The number of hydrogen-bond donors (Lipinski definition) is 1. The van der Waals surface area contributed by atoms with Crippen LogP contribution in [0.4, 0.5) is 0 Å². The molecule has 0 atom stereocenters. The van der Waals surface area contributed by atoms with Crippen molar-refractivity contribution < 1.29 is 14.3 Å². The molecule has 2 aromatic rings. The predicted octanol–water partition coefficient (Wildman–Crippen LogP) is 3.62. The maximum Gasteiger partial charge on any atom is 0.271 e. The maximum absolute atomic E-state index is 12.1. The zero-order valence-electron chi connectivity index (χ0n) is 12.9. The summed E-state index contributed by atoms with van der Waals surface area (Å²) in [4.78, 5) is 12.1. The highest BCUT2D eigenvalue weighted by Gasteiger charge is 2.08. The molecule has 2 aromatic carbocycles. The molecule has 0 spiro atoms. The van der Waals surface area contributed by atoms with Crippen LogP contribution in [0.25, 0.3) is 0 Å². The fourth-order valence-electron chi connectivity index (χ4n) is 1.91. The second-order valence-electron chi connectivity index (χ2n) is 4.52. The van der Waals surface area contributed by atoms with Gasteiger partial charge in [0.05, 0.1) is 24.4 Å². The van der Waals surface area contributed by atoms with Crippen LogP contribution in [0.5, 0.6) is 11.5 Å². The minimum atomic E-state index is -0.307. The molecule has 0 aliphatic rings. The van der Waals surface area contributed by atoms with Crippen LogP contribution >= 0.6 is 15.9 Å². The number of amides is 1. The Labute approximate surface area is 143 Å². The number of benzene rings is 2. The van der Waals surface area contributed by atoms with Crippen LogP contribution in [-0.4, -0.2) is 25.8 Å². The van der Waals surface area contributed by atoms with E-state index in [-0.39, 0.29) is 5.91 Å². The van der Waals surface area contributed by atoms with E-state index in [0.29, 0.717) is 22.4 Å². The molecule has 0 aromatic heterocycles. The molecule has 1 amide bonds. The average molecular weight is 377 g/mol. The zero-order chi connectivity index (χ0) is 16.7. The quantitative estimate of drug-likeness (QED) is 0.618. The number of nitrogens with one attached hydrogen (secondary N) is 1. The second kappa shape index (κ2) is 8.33. The summed E-state index contributed by atoms with van der Waals surface area (Å²) in [5.74, 6) is 1.08. The largest absolute Gasteiger partial charge is 0.496 e. The van der Waals surface area contributed by atoms with Crippen LogP contribution in [0.2, 0.25) is 0 Å². The van der Waals surface area contributed by atoms with Gasteiger partial charge in [-0.3, -0.25) is 4.79 Å². The average Bonchev–Trinajstić information content (AvgIpc) is 2.56.